The maximum absolute atomic E-state index is 12.7. The summed E-state index contributed by atoms with van der Waals surface area (Å²) in [5, 5.41) is 0. The van der Waals surface area contributed by atoms with Crippen LogP contribution in [0.25, 0.3) is 0 Å². The van der Waals surface area contributed by atoms with Crippen molar-refractivity contribution in [3.05, 3.63) is 35.9 Å². The molecule has 0 saturated heterocycles. The molecular formula is C19H26N2O3. The van der Waals surface area contributed by atoms with Crippen molar-refractivity contribution in [2.45, 2.75) is 32.4 Å². The van der Waals surface area contributed by atoms with Crippen LogP contribution in [0.2, 0.25) is 0 Å². The number of hydrogen-bond donors (Lipinski definition) is 0. The van der Waals surface area contributed by atoms with Crippen LogP contribution in [0, 0.1) is 0 Å². The van der Waals surface area contributed by atoms with Crippen molar-refractivity contribution in [2.24, 2.45) is 0 Å². The fraction of sp³-hybridized carbons (Fsp3) is 0.526. The number of fused-ring (bicyclic) bond motifs is 1. The number of hydrogen-bond acceptors (Lipinski definition) is 4. The van der Waals surface area contributed by atoms with E-state index in [-0.39, 0.29) is 18.1 Å². The van der Waals surface area contributed by atoms with Crippen molar-refractivity contribution in [3.63, 3.8) is 0 Å². The van der Waals surface area contributed by atoms with Gasteiger partial charge in [0, 0.05) is 20.1 Å². The Morgan fingerprint density at radius 3 is 2.83 bits per heavy atom. The van der Waals surface area contributed by atoms with E-state index in [1.807, 2.05) is 38.2 Å². The van der Waals surface area contributed by atoms with Gasteiger partial charge in [0.1, 0.15) is 6.61 Å². The number of para-hydroxylation sites is 2. The number of amides is 1. The van der Waals surface area contributed by atoms with Crippen molar-refractivity contribution < 1.29 is 14.3 Å². The fourth-order valence-electron chi connectivity index (χ4n) is 3.16. The second-order valence-electron chi connectivity index (χ2n) is 6.69. The predicted molar refractivity (Wildman–Crippen MR) is 93.4 cm³/mol. The van der Waals surface area contributed by atoms with Crippen LogP contribution in [-0.4, -0.2) is 61.1 Å². The Morgan fingerprint density at radius 1 is 1.38 bits per heavy atom. The zero-order chi connectivity index (χ0) is 17.1. The van der Waals surface area contributed by atoms with Crippen molar-refractivity contribution in [3.8, 4) is 11.5 Å². The van der Waals surface area contributed by atoms with Gasteiger partial charge in [-0.15, -0.1) is 0 Å². The van der Waals surface area contributed by atoms with Crippen LogP contribution >= 0.6 is 0 Å². The molecule has 130 valence electrons. The Morgan fingerprint density at radius 2 is 2.12 bits per heavy atom. The van der Waals surface area contributed by atoms with E-state index in [9.17, 15) is 4.79 Å². The van der Waals surface area contributed by atoms with Crippen LogP contribution in [0.4, 0.5) is 0 Å². The van der Waals surface area contributed by atoms with Gasteiger partial charge in [0.05, 0.1) is 12.6 Å². The van der Waals surface area contributed by atoms with E-state index in [0.717, 1.165) is 31.0 Å². The van der Waals surface area contributed by atoms with E-state index in [1.54, 1.807) is 4.90 Å². The molecule has 0 bridgehead atoms. The lowest BCUT2D eigenvalue weighted by Gasteiger charge is -2.34. The minimum absolute atomic E-state index is 0.115. The molecule has 2 unspecified atom stereocenters. The first-order valence-corrected chi connectivity index (χ1v) is 8.57. The fourth-order valence-corrected chi connectivity index (χ4v) is 3.16. The third-order valence-electron chi connectivity index (χ3n) is 4.79. The van der Waals surface area contributed by atoms with Crippen LogP contribution in [-0.2, 0) is 4.79 Å². The van der Waals surface area contributed by atoms with Crippen LogP contribution < -0.4 is 9.47 Å². The number of nitrogens with zero attached hydrogens (tertiary/aromatic N) is 2. The Hall–Kier alpha value is -2.01. The van der Waals surface area contributed by atoms with Gasteiger partial charge >= 0.3 is 0 Å². The Labute approximate surface area is 143 Å². The molecule has 0 fully saturated rings. The van der Waals surface area contributed by atoms with Crippen molar-refractivity contribution in [2.75, 3.05) is 33.3 Å². The molecule has 0 N–H and O–H groups in total. The Kier molecular flexibility index (Phi) is 5.09. The van der Waals surface area contributed by atoms with E-state index in [1.165, 1.54) is 5.57 Å². The van der Waals surface area contributed by atoms with Gasteiger partial charge in [0.25, 0.3) is 0 Å². The molecule has 0 saturated carbocycles. The van der Waals surface area contributed by atoms with E-state index in [2.05, 4.69) is 17.9 Å². The van der Waals surface area contributed by atoms with Crippen LogP contribution in [0.15, 0.2) is 35.9 Å². The Balaban J connectivity index is 1.55. The summed E-state index contributed by atoms with van der Waals surface area (Å²) >= 11 is 0. The summed E-state index contributed by atoms with van der Waals surface area (Å²) in [4.78, 5) is 16.7. The van der Waals surface area contributed by atoms with Crippen molar-refractivity contribution in [1.29, 1.82) is 0 Å². The normalized spacial score (nSPS) is 21.8. The molecule has 1 aromatic rings. The molecule has 0 aliphatic carbocycles. The SMILES string of the molecule is CC1=CCN(C(C)C(=O)N(C)CC2COc3ccccc3O2)CC1. The maximum Gasteiger partial charge on any atom is 0.239 e. The van der Waals surface area contributed by atoms with E-state index in [4.69, 9.17) is 9.47 Å². The summed E-state index contributed by atoms with van der Waals surface area (Å²) < 4.78 is 11.7. The van der Waals surface area contributed by atoms with E-state index in [0.29, 0.717) is 13.2 Å². The largest absolute Gasteiger partial charge is 0.486 e. The molecule has 2 aliphatic heterocycles. The third-order valence-corrected chi connectivity index (χ3v) is 4.79. The topological polar surface area (TPSA) is 42.0 Å². The van der Waals surface area contributed by atoms with Gasteiger partial charge in [-0.1, -0.05) is 23.8 Å². The van der Waals surface area contributed by atoms with E-state index >= 15 is 0 Å². The molecule has 0 spiro atoms. The number of benzene rings is 1. The summed E-state index contributed by atoms with van der Waals surface area (Å²) in [5.74, 6) is 1.65. The minimum atomic E-state index is -0.135. The number of carbonyl (C=O) groups is 1. The Bertz CT molecular complexity index is 629. The summed E-state index contributed by atoms with van der Waals surface area (Å²) in [6.45, 7) is 6.92. The molecule has 2 atom stereocenters. The molecule has 0 radical (unpaired) electrons. The van der Waals surface area contributed by atoms with Crippen LogP contribution in [0.5, 0.6) is 11.5 Å². The number of ether oxygens (including phenoxy) is 2. The van der Waals surface area contributed by atoms with Crippen molar-refractivity contribution in [1.82, 2.24) is 9.80 Å². The molecule has 0 aromatic heterocycles. The zero-order valence-electron chi connectivity index (χ0n) is 14.7. The average molecular weight is 330 g/mol. The zero-order valence-corrected chi connectivity index (χ0v) is 14.7. The first-order valence-electron chi connectivity index (χ1n) is 8.57. The average Bonchev–Trinajstić information content (AvgIpc) is 2.61. The highest BCUT2D eigenvalue weighted by Gasteiger charge is 2.28. The summed E-state index contributed by atoms with van der Waals surface area (Å²) in [5.41, 5.74) is 1.41. The molecule has 5 nitrogen and oxygen atoms in total. The second kappa shape index (κ2) is 7.26. The lowest BCUT2D eigenvalue weighted by atomic mass is 10.1. The van der Waals surface area contributed by atoms with E-state index < -0.39 is 0 Å². The lowest BCUT2D eigenvalue weighted by Crippen LogP contribution is -2.50. The van der Waals surface area contributed by atoms with Gasteiger partial charge in [-0.25, -0.2) is 0 Å². The standard InChI is InChI=1S/C19H26N2O3/c1-14-8-10-21(11-9-14)15(2)19(22)20(3)12-16-13-23-17-6-4-5-7-18(17)24-16/h4-8,15-16H,9-13H2,1-3H3. The molecule has 5 heteroatoms. The maximum atomic E-state index is 12.7. The smallest absolute Gasteiger partial charge is 0.239 e. The monoisotopic (exact) mass is 330 g/mol. The highest BCUT2D eigenvalue weighted by Crippen LogP contribution is 2.31. The minimum Gasteiger partial charge on any atom is -0.486 e. The summed E-state index contributed by atoms with van der Waals surface area (Å²) in [6, 6.07) is 7.53. The van der Waals surface area contributed by atoms with Crippen LogP contribution in [0.1, 0.15) is 20.3 Å². The first kappa shape index (κ1) is 16.8. The summed E-state index contributed by atoms with van der Waals surface area (Å²) in [6.07, 6.45) is 3.12. The van der Waals surface area contributed by atoms with Crippen molar-refractivity contribution >= 4 is 5.91 Å². The molecule has 3 rings (SSSR count). The first-order chi connectivity index (χ1) is 11.5. The molecule has 2 heterocycles. The number of likely N-dealkylation sites (N-methyl/N-ethyl adjacent to an activating group) is 1. The molecular weight excluding hydrogens is 304 g/mol. The van der Waals surface area contributed by atoms with Gasteiger partial charge in [-0.05, 0) is 32.4 Å². The lowest BCUT2D eigenvalue weighted by molar-refractivity contribution is -0.136. The number of rotatable bonds is 4. The molecule has 2 aliphatic rings. The predicted octanol–water partition coefficient (Wildman–Crippen LogP) is 2.33. The van der Waals surface area contributed by atoms with Gasteiger partial charge < -0.3 is 14.4 Å². The molecule has 24 heavy (non-hydrogen) atoms. The van der Waals surface area contributed by atoms with Crippen LogP contribution in [0.3, 0.4) is 0 Å². The highest BCUT2D eigenvalue weighted by molar-refractivity contribution is 5.81. The van der Waals surface area contributed by atoms with Gasteiger partial charge in [0.2, 0.25) is 5.91 Å². The third kappa shape index (κ3) is 3.73. The molecule has 1 amide bonds. The summed E-state index contributed by atoms with van der Waals surface area (Å²) in [7, 11) is 1.84. The number of carbonyl (C=O) groups excluding carboxylic acids is 1. The highest BCUT2D eigenvalue weighted by atomic mass is 16.6. The van der Waals surface area contributed by atoms with Gasteiger partial charge in [-0.3, -0.25) is 9.69 Å². The van der Waals surface area contributed by atoms with Gasteiger partial charge in [0.15, 0.2) is 17.6 Å². The quantitative estimate of drug-likeness (QED) is 0.795. The molecule has 1 aromatic carbocycles. The second-order valence-corrected chi connectivity index (χ2v) is 6.69. The van der Waals surface area contributed by atoms with Gasteiger partial charge in [-0.2, -0.15) is 0 Å².